The molecule has 1 amide bonds. The number of sulfonamides is 1. The molecule has 0 aromatic heterocycles. The lowest BCUT2D eigenvalue weighted by Crippen LogP contribution is -2.46. The van der Waals surface area contributed by atoms with Gasteiger partial charge in [-0.2, -0.15) is 0 Å². The van der Waals surface area contributed by atoms with Crippen LogP contribution in [0, 0.1) is 0 Å². The van der Waals surface area contributed by atoms with Crippen molar-refractivity contribution in [1.82, 2.24) is 10.0 Å². The number of halogens is 1. The number of carbonyl (C=O) groups excluding carboxylic acids is 1. The summed E-state index contributed by atoms with van der Waals surface area (Å²) in [7, 11) is -1.95. The van der Waals surface area contributed by atoms with E-state index in [1.807, 2.05) is 0 Å². The minimum Gasteiger partial charge on any atom is -0.314 e. The lowest BCUT2D eigenvalue weighted by molar-refractivity contribution is 0.0999. The second-order valence-corrected chi connectivity index (χ2v) is 8.56. The summed E-state index contributed by atoms with van der Waals surface area (Å²) in [5.41, 5.74) is 1.31. The number of anilines is 1. The van der Waals surface area contributed by atoms with Crippen molar-refractivity contribution in [3.05, 3.63) is 35.9 Å². The highest BCUT2D eigenvalue weighted by atomic mass is 35.5. The minimum atomic E-state index is -3.66. The van der Waals surface area contributed by atoms with Crippen molar-refractivity contribution in [2.45, 2.75) is 36.7 Å². The summed E-state index contributed by atoms with van der Waals surface area (Å²) in [6, 6.07) is 8.79. The fraction of sp³-hybridized carbons (Fsp3) is 0.389. The SMILES string of the molecule is CC1CC(NS(=O)(=O)c2ccc3c4c(cccc24)C(=O)N3C)CCN1.Cl. The van der Waals surface area contributed by atoms with Gasteiger partial charge in [-0.1, -0.05) is 12.1 Å². The second kappa shape index (κ2) is 6.81. The molecule has 4 rings (SSSR count). The molecule has 2 aromatic carbocycles. The summed E-state index contributed by atoms with van der Waals surface area (Å²) < 4.78 is 28.8. The topological polar surface area (TPSA) is 78.5 Å². The monoisotopic (exact) mass is 395 g/mol. The molecule has 2 aliphatic heterocycles. The van der Waals surface area contributed by atoms with Gasteiger partial charge in [-0.15, -0.1) is 12.4 Å². The maximum Gasteiger partial charge on any atom is 0.258 e. The Morgan fingerprint density at radius 1 is 1.23 bits per heavy atom. The molecule has 26 heavy (non-hydrogen) atoms. The van der Waals surface area contributed by atoms with Crippen LogP contribution >= 0.6 is 12.4 Å². The Kier molecular flexibility index (Phi) is 5.00. The van der Waals surface area contributed by atoms with Gasteiger partial charge >= 0.3 is 0 Å². The molecule has 0 radical (unpaired) electrons. The number of hydrogen-bond acceptors (Lipinski definition) is 4. The van der Waals surface area contributed by atoms with Crippen LogP contribution in [0.1, 0.15) is 30.1 Å². The Hall–Kier alpha value is -1.67. The Bertz CT molecular complexity index is 977. The predicted octanol–water partition coefficient (Wildman–Crippen LogP) is 2.27. The third kappa shape index (κ3) is 2.99. The third-order valence-corrected chi connectivity index (χ3v) is 6.69. The number of benzene rings is 2. The Morgan fingerprint density at radius 2 is 2.00 bits per heavy atom. The highest BCUT2D eigenvalue weighted by Crippen LogP contribution is 2.39. The summed E-state index contributed by atoms with van der Waals surface area (Å²) in [6.07, 6.45) is 1.54. The van der Waals surface area contributed by atoms with E-state index in [-0.39, 0.29) is 29.3 Å². The summed E-state index contributed by atoms with van der Waals surface area (Å²) in [4.78, 5) is 14.1. The van der Waals surface area contributed by atoms with E-state index in [2.05, 4.69) is 17.0 Å². The average Bonchev–Trinajstić information content (AvgIpc) is 2.82. The molecule has 0 bridgehead atoms. The van der Waals surface area contributed by atoms with Crippen molar-refractivity contribution in [2.24, 2.45) is 0 Å². The first kappa shape index (κ1) is 19.1. The van der Waals surface area contributed by atoms with Crippen LogP contribution in [0.4, 0.5) is 5.69 Å². The average molecular weight is 396 g/mol. The molecule has 0 spiro atoms. The number of piperidine rings is 1. The van der Waals surface area contributed by atoms with Gasteiger partial charge in [0.1, 0.15) is 0 Å². The standard InChI is InChI=1S/C18H21N3O3S.ClH/c1-11-10-12(8-9-19-11)20-25(23,24)16-7-6-15-17-13(16)4-3-5-14(17)18(22)21(15)2;/h3-7,11-12,19-20H,8-10H2,1-2H3;1H. The number of amides is 1. The lowest BCUT2D eigenvalue weighted by Gasteiger charge is -2.28. The third-order valence-electron chi connectivity index (χ3n) is 5.11. The molecule has 8 heteroatoms. The van der Waals surface area contributed by atoms with E-state index < -0.39 is 10.0 Å². The normalized spacial score (nSPS) is 22.5. The maximum absolute atomic E-state index is 13.0. The zero-order chi connectivity index (χ0) is 17.8. The summed E-state index contributed by atoms with van der Waals surface area (Å²) in [6.45, 7) is 2.86. The molecule has 0 saturated carbocycles. The van der Waals surface area contributed by atoms with Crippen molar-refractivity contribution in [1.29, 1.82) is 0 Å². The van der Waals surface area contributed by atoms with Gasteiger partial charge in [-0.3, -0.25) is 4.79 Å². The van der Waals surface area contributed by atoms with Gasteiger partial charge in [0.15, 0.2) is 0 Å². The lowest BCUT2D eigenvalue weighted by atomic mass is 10.0. The Morgan fingerprint density at radius 3 is 2.73 bits per heavy atom. The molecular formula is C18H22ClN3O3S. The molecule has 1 fully saturated rings. The molecule has 6 nitrogen and oxygen atoms in total. The predicted molar refractivity (Wildman–Crippen MR) is 105 cm³/mol. The van der Waals surface area contributed by atoms with Crippen LogP contribution < -0.4 is 14.9 Å². The van der Waals surface area contributed by atoms with E-state index in [4.69, 9.17) is 0 Å². The molecule has 2 aliphatic rings. The van der Waals surface area contributed by atoms with E-state index in [1.165, 1.54) is 0 Å². The molecule has 0 aliphatic carbocycles. The zero-order valence-corrected chi connectivity index (χ0v) is 16.3. The molecule has 1 saturated heterocycles. The number of nitrogens with zero attached hydrogens (tertiary/aromatic N) is 1. The molecule has 140 valence electrons. The number of hydrogen-bond donors (Lipinski definition) is 2. The molecule has 2 heterocycles. The van der Waals surface area contributed by atoms with Crippen LogP contribution in [-0.4, -0.2) is 40.0 Å². The fourth-order valence-electron chi connectivity index (χ4n) is 3.87. The Labute approximate surface area is 159 Å². The van der Waals surface area contributed by atoms with Gasteiger partial charge in [-0.25, -0.2) is 13.1 Å². The minimum absolute atomic E-state index is 0. The summed E-state index contributed by atoms with van der Waals surface area (Å²) >= 11 is 0. The highest BCUT2D eigenvalue weighted by Gasteiger charge is 2.31. The van der Waals surface area contributed by atoms with E-state index in [1.54, 1.807) is 42.3 Å². The van der Waals surface area contributed by atoms with Crippen molar-refractivity contribution in [3.8, 4) is 0 Å². The van der Waals surface area contributed by atoms with E-state index >= 15 is 0 Å². The first-order valence-corrected chi connectivity index (χ1v) is 9.96. The number of rotatable bonds is 3. The first-order valence-electron chi connectivity index (χ1n) is 8.48. The number of nitrogens with one attached hydrogen (secondary N) is 2. The van der Waals surface area contributed by atoms with E-state index in [9.17, 15) is 13.2 Å². The fourth-order valence-corrected chi connectivity index (χ4v) is 5.35. The molecular weight excluding hydrogens is 374 g/mol. The van der Waals surface area contributed by atoms with Crippen molar-refractivity contribution >= 4 is 44.8 Å². The van der Waals surface area contributed by atoms with E-state index in [0.29, 0.717) is 17.0 Å². The molecule has 2 aromatic rings. The molecule has 2 unspecified atom stereocenters. The van der Waals surface area contributed by atoms with Gasteiger partial charge in [0, 0.05) is 35.5 Å². The van der Waals surface area contributed by atoms with Crippen LogP contribution in [-0.2, 0) is 10.0 Å². The van der Waals surface area contributed by atoms with Crippen LogP contribution in [0.2, 0.25) is 0 Å². The van der Waals surface area contributed by atoms with Gasteiger partial charge in [-0.05, 0) is 44.5 Å². The van der Waals surface area contributed by atoms with Gasteiger partial charge in [0.2, 0.25) is 10.0 Å². The van der Waals surface area contributed by atoms with Crippen molar-refractivity contribution < 1.29 is 13.2 Å². The molecule has 2 N–H and O–H groups in total. The van der Waals surface area contributed by atoms with Crippen LogP contribution in [0.3, 0.4) is 0 Å². The first-order chi connectivity index (χ1) is 11.9. The van der Waals surface area contributed by atoms with Crippen molar-refractivity contribution in [3.63, 3.8) is 0 Å². The van der Waals surface area contributed by atoms with Gasteiger partial charge in [0.05, 0.1) is 10.6 Å². The van der Waals surface area contributed by atoms with Crippen LogP contribution in [0.25, 0.3) is 10.8 Å². The maximum atomic E-state index is 13.0. The van der Waals surface area contributed by atoms with Gasteiger partial charge < -0.3 is 10.2 Å². The van der Waals surface area contributed by atoms with Crippen molar-refractivity contribution in [2.75, 3.05) is 18.5 Å². The summed E-state index contributed by atoms with van der Waals surface area (Å²) in [5.74, 6) is -0.102. The summed E-state index contributed by atoms with van der Waals surface area (Å²) in [5, 5.41) is 4.64. The largest absolute Gasteiger partial charge is 0.314 e. The van der Waals surface area contributed by atoms with Crippen LogP contribution in [0.5, 0.6) is 0 Å². The Balaban J connectivity index is 0.00000196. The number of carbonyl (C=O) groups is 1. The second-order valence-electron chi connectivity index (χ2n) is 6.87. The van der Waals surface area contributed by atoms with Crippen LogP contribution in [0.15, 0.2) is 35.2 Å². The molecule has 2 atom stereocenters. The van der Waals surface area contributed by atoms with Gasteiger partial charge in [0.25, 0.3) is 5.91 Å². The quantitative estimate of drug-likeness (QED) is 0.835. The highest BCUT2D eigenvalue weighted by molar-refractivity contribution is 7.89. The van der Waals surface area contributed by atoms with E-state index in [0.717, 1.165) is 30.5 Å². The smallest absolute Gasteiger partial charge is 0.258 e. The zero-order valence-electron chi connectivity index (χ0n) is 14.7.